The second-order valence-corrected chi connectivity index (χ2v) is 5.35. The Morgan fingerprint density at radius 3 is 3.06 bits per heavy atom. The van der Waals surface area contributed by atoms with E-state index in [-0.39, 0.29) is 0 Å². The summed E-state index contributed by atoms with van der Waals surface area (Å²) in [5.41, 5.74) is 1.30. The molecule has 2 rings (SSSR count). The van der Waals surface area contributed by atoms with Gasteiger partial charge in [-0.05, 0) is 18.6 Å². The number of nitrogens with zero attached hydrogens (tertiary/aromatic N) is 2. The van der Waals surface area contributed by atoms with Gasteiger partial charge in [0.25, 0.3) is 0 Å². The second kappa shape index (κ2) is 5.55. The zero-order chi connectivity index (χ0) is 11.4. The number of thioether (sulfide) groups is 1. The molecule has 0 spiro atoms. The summed E-state index contributed by atoms with van der Waals surface area (Å²) in [5.74, 6) is 3.44. The van der Waals surface area contributed by atoms with Crippen molar-refractivity contribution in [3.63, 3.8) is 0 Å². The zero-order valence-corrected chi connectivity index (χ0v) is 10.8. The summed E-state index contributed by atoms with van der Waals surface area (Å²) in [6.45, 7) is 4.53. The van der Waals surface area contributed by atoms with Crippen LogP contribution in [0.2, 0.25) is 0 Å². The molecule has 1 aliphatic heterocycles. The maximum absolute atomic E-state index is 4.34. The van der Waals surface area contributed by atoms with Gasteiger partial charge in [0.2, 0.25) is 0 Å². The van der Waals surface area contributed by atoms with Crippen LogP contribution < -0.4 is 5.32 Å². The fourth-order valence-electron chi connectivity index (χ4n) is 1.90. The molecule has 0 aromatic carbocycles. The van der Waals surface area contributed by atoms with Crippen molar-refractivity contribution in [1.82, 2.24) is 9.88 Å². The standard InChI is InChI=1S/C12H19N3S/c1-10-9-16-6-5-15(10)8-11-3-4-12(13-2)14-7-11/h3-4,7,10H,5-6,8-9H2,1-2H3,(H,13,14). The van der Waals surface area contributed by atoms with E-state index in [1.807, 2.05) is 19.3 Å². The molecule has 0 bridgehead atoms. The maximum Gasteiger partial charge on any atom is 0.125 e. The monoisotopic (exact) mass is 237 g/mol. The normalized spacial score (nSPS) is 22.0. The Hall–Kier alpha value is -0.740. The Bertz CT molecular complexity index is 326. The number of nitrogens with one attached hydrogen (secondary N) is 1. The van der Waals surface area contributed by atoms with Crippen LogP contribution in [-0.4, -0.2) is 41.0 Å². The van der Waals surface area contributed by atoms with E-state index >= 15 is 0 Å². The minimum Gasteiger partial charge on any atom is -0.373 e. The largest absolute Gasteiger partial charge is 0.373 e. The van der Waals surface area contributed by atoms with E-state index < -0.39 is 0 Å². The Morgan fingerprint density at radius 1 is 1.56 bits per heavy atom. The molecule has 4 heteroatoms. The minimum atomic E-state index is 0.683. The SMILES string of the molecule is CNc1ccc(CN2CCSCC2C)cn1. The Labute approximate surface area is 102 Å². The van der Waals surface area contributed by atoms with E-state index in [0.29, 0.717) is 6.04 Å². The number of hydrogen-bond donors (Lipinski definition) is 1. The van der Waals surface area contributed by atoms with E-state index in [0.717, 1.165) is 12.4 Å². The van der Waals surface area contributed by atoms with Gasteiger partial charge in [-0.1, -0.05) is 6.07 Å². The van der Waals surface area contributed by atoms with Gasteiger partial charge in [-0.15, -0.1) is 0 Å². The number of anilines is 1. The van der Waals surface area contributed by atoms with Gasteiger partial charge in [0, 0.05) is 43.9 Å². The predicted octanol–water partition coefficient (Wildman–Crippen LogP) is 2.06. The lowest BCUT2D eigenvalue weighted by Crippen LogP contribution is -2.39. The first-order valence-electron chi connectivity index (χ1n) is 5.74. The molecule has 88 valence electrons. The number of rotatable bonds is 3. The third-order valence-electron chi connectivity index (χ3n) is 2.97. The summed E-state index contributed by atoms with van der Waals surface area (Å²) >= 11 is 2.06. The first kappa shape index (κ1) is 11.7. The highest BCUT2D eigenvalue weighted by Crippen LogP contribution is 2.18. The first-order valence-corrected chi connectivity index (χ1v) is 6.89. The van der Waals surface area contributed by atoms with E-state index in [9.17, 15) is 0 Å². The van der Waals surface area contributed by atoms with Crippen LogP contribution in [0.5, 0.6) is 0 Å². The van der Waals surface area contributed by atoms with Crippen molar-refractivity contribution in [2.24, 2.45) is 0 Å². The van der Waals surface area contributed by atoms with Crippen molar-refractivity contribution in [3.8, 4) is 0 Å². The third-order valence-corrected chi connectivity index (χ3v) is 4.16. The molecule has 16 heavy (non-hydrogen) atoms. The highest BCUT2D eigenvalue weighted by atomic mass is 32.2. The molecule has 3 nitrogen and oxygen atoms in total. The van der Waals surface area contributed by atoms with Gasteiger partial charge in [-0.25, -0.2) is 4.98 Å². The Balaban J connectivity index is 1.96. The average molecular weight is 237 g/mol. The van der Waals surface area contributed by atoms with Gasteiger partial charge in [0.15, 0.2) is 0 Å². The van der Waals surface area contributed by atoms with Gasteiger partial charge >= 0.3 is 0 Å². The fraction of sp³-hybridized carbons (Fsp3) is 0.583. The summed E-state index contributed by atoms with van der Waals surface area (Å²) in [6, 6.07) is 4.88. The van der Waals surface area contributed by atoms with E-state index in [1.165, 1.54) is 23.6 Å². The predicted molar refractivity (Wildman–Crippen MR) is 71.0 cm³/mol. The summed E-state index contributed by atoms with van der Waals surface area (Å²) < 4.78 is 0. The fourth-order valence-corrected chi connectivity index (χ4v) is 2.98. The van der Waals surface area contributed by atoms with Gasteiger partial charge < -0.3 is 5.32 Å². The van der Waals surface area contributed by atoms with Crippen molar-refractivity contribution in [1.29, 1.82) is 0 Å². The summed E-state index contributed by atoms with van der Waals surface area (Å²) in [4.78, 5) is 6.88. The molecule has 0 saturated carbocycles. The van der Waals surface area contributed by atoms with Crippen LogP contribution in [0.4, 0.5) is 5.82 Å². The van der Waals surface area contributed by atoms with Crippen molar-refractivity contribution < 1.29 is 0 Å². The van der Waals surface area contributed by atoms with Crippen LogP contribution in [0.25, 0.3) is 0 Å². The summed E-state index contributed by atoms with van der Waals surface area (Å²) in [7, 11) is 1.89. The molecule has 1 saturated heterocycles. The average Bonchev–Trinajstić information content (AvgIpc) is 2.33. The van der Waals surface area contributed by atoms with Crippen LogP contribution in [0.15, 0.2) is 18.3 Å². The van der Waals surface area contributed by atoms with E-state index in [2.05, 4.69) is 40.0 Å². The molecule has 1 N–H and O–H groups in total. The molecule has 2 heterocycles. The van der Waals surface area contributed by atoms with Crippen LogP contribution in [0, 0.1) is 0 Å². The molecule has 1 unspecified atom stereocenters. The molecule has 1 aromatic rings. The molecule has 0 aliphatic carbocycles. The maximum atomic E-state index is 4.34. The van der Waals surface area contributed by atoms with Crippen LogP contribution in [0.1, 0.15) is 12.5 Å². The lowest BCUT2D eigenvalue weighted by atomic mass is 10.2. The molecule has 0 radical (unpaired) electrons. The highest BCUT2D eigenvalue weighted by Gasteiger charge is 2.18. The summed E-state index contributed by atoms with van der Waals surface area (Å²) in [5, 5.41) is 3.04. The minimum absolute atomic E-state index is 0.683. The van der Waals surface area contributed by atoms with Gasteiger partial charge in [-0.2, -0.15) is 11.8 Å². The zero-order valence-electron chi connectivity index (χ0n) is 9.94. The van der Waals surface area contributed by atoms with Crippen LogP contribution >= 0.6 is 11.8 Å². The van der Waals surface area contributed by atoms with Crippen LogP contribution in [-0.2, 0) is 6.54 Å². The van der Waals surface area contributed by atoms with Crippen LogP contribution in [0.3, 0.4) is 0 Å². The lowest BCUT2D eigenvalue weighted by Gasteiger charge is -2.32. The van der Waals surface area contributed by atoms with Crippen molar-refractivity contribution >= 4 is 17.6 Å². The van der Waals surface area contributed by atoms with Gasteiger partial charge in [-0.3, -0.25) is 4.90 Å². The first-order chi connectivity index (χ1) is 7.79. The highest BCUT2D eigenvalue weighted by molar-refractivity contribution is 7.99. The third kappa shape index (κ3) is 2.89. The topological polar surface area (TPSA) is 28.2 Å². The van der Waals surface area contributed by atoms with Crippen molar-refractivity contribution in [3.05, 3.63) is 23.9 Å². The smallest absolute Gasteiger partial charge is 0.125 e. The molecular weight excluding hydrogens is 218 g/mol. The van der Waals surface area contributed by atoms with Gasteiger partial charge in [0.05, 0.1) is 0 Å². The van der Waals surface area contributed by atoms with E-state index in [4.69, 9.17) is 0 Å². The van der Waals surface area contributed by atoms with Crippen molar-refractivity contribution in [2.75, 3.05) is 30.4 Å². The Kier molecular flexibility index (Phi) is 4.07. The quantitative estimate of drug-likeness (QED) is 0.871. The number of hydrogen-bond acceptors (Lipinski definition) is 4. The van der Waals surface area contributed by atoms with Crippen molar-refractivity contribution in [2.45, 2.75) is 19.5 Å². The lowest BCUT2D eigenvalue weighted by molar-refractivity contribution is 0.224. The van der Waals surface area contributed by atoms with E-state index in [1.54, 1.807) is 0 Å². The molecule has 0 amide bonds. The molecule has 1 aromatic heterocycles. The molecular formula is C12H19N3S. The molecule has 1 aliphatic rings. The number of aromatic nitrogens is 1. The Morgan fingerprint density at radius 2 is 2.44 bits per heavy atom. The number of pyridine rings is 1. The summed E-state index contributed by atoms with van der Waals surface area (Å²) in [6.07, 6.45) is 1.97. The molecule has 1 atom stereocenters. The van der Waals surface area contributed by atoms with Gasteiger partial charge in [0.1, 0.15) is 5.82 Å². The second-order valence-electron chi connectivity index (χ2n) is 4.20. The molecule has 1 fully saturated rings.